The zero-order valence-electron chi connectivity index (χ0n) is 10.6. The molecule has 0 rings (SSSR count). The van der Waals surface area contributed by atoms with Crippen LogP contribution in [0.1, 0.15) is 27.7 Å². The van der Waals surface area contributed by atoms with E-state index in [1.54, 1.807) is 0 Å². The van der Waals surface area contributed by atoms with Crippen molar-refractivity contribution >= 4 is 10.0 Å². The van der Waals surface area contributed by atoms with Gasteiger partial charge in [-0.2, -0.15) is 0 Å². The van der Waals surface area contributed by atoms with Crippen molar-refractivity contribution in [1.82, 2.24) is 4.72 Å². The Morgan fingerprint density at radius 2 is 1.88 bits per heavy atom. The standard InChI is InChI=1S/C10H23NO4S/c1-8(10(2,3)4)15-7-9(6-12)11-16(5,13)14/h8-9,11-12H,6-7H2,1-5H3. The first-order valence-electron chi connectivity index (χ1n) is 5.26. The molecule has 0 amide bonds. The van der Waals surface area contributed by atoms with Crippen molar-refractivity contribution in [2.75, 3.05) is 19.5 Å². The first kappa shape index (κ1) is 15.8. The normalized spacial score (nSPS) is 17.1. The molecule has 0 bridgehead atoms. The van der Waals surface area contributed by atoms with Crippen LogP contribution in [0.15, 0.2) is 0 Å². The third kappa shape index (κ3) is 7.16. The van der Waals surface area contributed by atoms with E-state index in [1.807, 2.05) is 27.7 Å². The third-order valence-electron chi connectivity index (χ3n) is 2.37. The summed E-state index contributed by atoms with van der Waals surface area (Å²) >= 11 is 0. The fourth-order valence-electron chi connectivity index (χ4n) is 0.937. The van der Waals surface area contributed by atoms with E-state index in [-0.39, 0.29) is 24.7 Å². The maximum absolute atomic E-state index is 11.0. The first-order chi connectivity index (χ1) is 7.06. The van der Waals surface area contributed by atoms with E-state index in [9.17, 15) is 8.42 Å². The molecule has 0 heterocycles. The number of aliphatic hydroxyl groups excluding tert-OH is 1. The fraction of sp³-hybridized carbons (Fsp3) is 1.00. The first-order valence-corrected chi connectivity index (χ1v) is 7.15. The molecule has 2 unspecified atom stereocenters. The molecule has 0 aliphatic carbocycles. The van der Waals surface area contributed by atoms with Gasteiger partial charge in [0.05, 0.1) is 31.6 Å². The second-order valence-corrected chi connectivity index (χ2v) is 6.89. The minimum atomic E-state index is -3.31. The van der Waals surface area contributed by atoms with Gasteiger partial charge < -0.3 is 9.84 Å². The van der Waals surface area contributed by atoms with E-state index in [2.05, 4.69) is 4.72 Å². The van der Waals surface area contributed by atoms with Gasteiger partial charge in [-0.15, -0.1) is 0 Å². The summed E-state index contributed by atoms with van der Waals surface area (Å²) in [4.78, 5) is 0. The predicted molar refractivity (Wildman–Crippen MR) is 63.7 cm³/mol. The SMILES string of the molecule is CC(OCC(CO)NS(C)(=O)=O)C(C)(C)C. The van der Waals surface area contributed by atoms with Crippen molar-refractivity contribution < 1.29 is 18.3 Å². The zero-order chi connectivity index (χ0) is 13.0. The molecule has 0 spiro atoms. The Balaban J connectivity index is 4.17. The van der Waals surface area contributed by atoms with Gasteiger partial charge in [0, 0.05) is 0 Å². The van der Waals surface area contributed by atoms with Crippen LogP contribution in [0, 0.1) is 5.41 Å². The van der Waals surface area contributed by atoms with Gasteiger partial charge in [-0.25, -0.2) is 13.1 Å². The van der Waals surface area contributed by atoms with Gasteiger partial charge in [-0.05, 0) is 12.3 Å². The summed E-state index contributed by atoms with van der Waals surface area (Å²) in [7, 11) is -3.31. The van der Waals surface area contributed by atoms with Crippen molar-refractivity contribution in [3.8, 4) is 0 Å². The number of aliphatic hydroxyl groups is 1. The lowest BCUT2D eigenvalue weighted by atomic mass is 9.90. The molecule has 0 fully saturated rings. The summed E-state index contributed by atoms with van der Waals surface area (Å²) in [5.74, 6) is 0. The molecule has 0 aromatic rings. The lowest BCUT2D eigenvalue weighted by Gasteiger charge is -2.28. The highest BCUT2D eigenvalue weighted by Gasteiger charge is 2.22. The third-order valence-corrected chi connectivity index (χ3v) is 3.13. The van der Waals surface area contributed by atoms with Crippen molar-refractivity contribution in [3.05, 3.63) is 0 Å². The van der Waals surface area contributed by atoms with Crippen LogP contribution in [0.25, 0.3) is 0 Å². The van der Waals surface area contributed by atoms with Crippen LogP contribution in [-0.2, 0) is 14.8 Å². The molecular weight excluding hydrogens is 230 g/mol. The van der Waals surface area contributed by atoms with Crippen molar-refractivity contribution in [2.24, 2.45) is 5.41 Å². The number of rotatable bonds is 6. The molecule has 0 aromatic carbocycles. The van der Waals surface area contributed by atoms with Crippen LogP contribution in [0.5, 0.6) is 0 Å². The Morgan fingerprint density at radius 1 is 1.38 bits per heavy atom. The Bertz CT molecular complexity index is 294. The van der Waals surface area contributed by atoms with Gasteiger partial charge in [0.1, 0.15) is 0 Å². The molecule has 0 radical (unpaired) electrons. The van der Waals surface area contributed by atoms with Crippen molar-refractivity contribution in [1.29, 1.82) is 0 Å². The average molecular weight is 253 g/mol. The Labute approximate surface area is 98.2 Å². The van der Waals surface area contributed by atoms with E-state index in [1.165, 1.54) is 0 Å². The number of hydrogen-bond acceptors (Lipinski definition) is 4. The van der Waals surface area contributed by atoms with Crippen LogP contribution in [0.3, 0.4) is 0 Å². The molecule has 5 nitrogen and oxygen atoms in total. The molecule has 0 aliphatic heterocycles. The Hall–Kier alpha value is -0.170. The second kappa shape index (κ2) is 5.95. The average Bonchev–Trinajstić information content (AvgIpc) is 2.08. The quantitative estimate of drug-likeness (QED) is 0.716. The van der Waals surface area contributed by atoms with Crippen LogP contribution in [0.4, 0.5) is 0 Å². The second-order valence-electron chi connectivity index (χ2n) is 5.11. The molecular formula is C10H23NO4S. The fourth-order valence-corrected chi connectivity index (χ4v) is 1.69. The van der Waals surface area contributed by atoms with Gasteiger partial charge in [0.15, 0.2) is 0 Å². The topological polar surface area (TPSA) is 75.6 Å². The van der Waals surface area contributed by atoms with Crippen molar-refractivity contribution in [3.63, 3.8) is 0 Å². The van der Waals surface area contributed by atoms with Crippen LogP contribution < -0.4 is 4.72 Å². The summed E-state index contributed by atoms with van der Waals surface area (Å²) in [6.07, 6.45) is 1.05. The van der Waals surface area contributed by atoms with E-state index in [4.69, 9.17) is 9.84 Å². The van der Waals surface area contributed by atoms with E-state index in [0.29, 0.717) is 0 Å². The lowest BCUT2D eigenvalue weighted by Crippen LogP contribution is -2.42. The minimum absolute atomic E-state index is 0.00883. The highest BCUT2D eigenvalue weighted by atomic mass is 32.2. The summed E-state index contributed by atoms with van der Waals surface area (Å²) < 4.78 is 29.8. The predicted octanol–water partition coefficient (Wildman–Crippen LogP) is 0.348. The maximum Gasteiger partial charge on any atom is 0.209 e. The Kier molecular flexibility index (Phi) is 5.89. The van der Waals surface area contributed by atoms with Crippen LogP contribution >= 0.6 is 0 Å². The molecule has 0 aromatic heterocycles. The number of nitrogens with one attached hydrogen (secondary N) is 1. The number of sulfonamides is 1. The molecule has 98 valence electrons. The molecule has 2 atom stereocenters. The van der Waals surface area contributed by atoms with Gasteiger partial charge in [-0.3, -0.25) is 0 Å². The highest BCUT2D eigenvalue weighted by molar-refractivity contribution is 7.88. The van der Waals surface area contributed by atoms with E-state index in [0.717, 1.165) is 6.26 Å². The van der Waals surface area contributed by atoms with Gasteiger partial charge in [0.25, 0.3) is 0 Å². The molecule has 0 saturated heterocycles. The monoisotopic (exact) mass is 253 g/mol. The summed E-state index contributed by atoms with van der Waals surface area (Å²) in [6.45, 7) is 7.93. The van der Waals surface area contributed by atoms with Crippen molar-refractivity contribution in [2.45, 2.75) is 39.8 Å². The summed E-state index contributed by atoms with van der Waals surface area (Å²) in [5, 5.41) is 9.00. The summed E-state index contributed by atoms with van der Waals surface area (Å²) in [5.41, 5.74) is -0.00883. The van der Waals surface area contributed by atoms with Crippen LogP contribution in [-0.4, -0.2) is 45.1 Å². The number of hydrogen-bond donors (Lipinski definition) is 2. The number of ether oxygens (including phenoxy) is 1. The highest BCUT2D eigenvalue weighted by Crippen LogP contribution is 2.21. The van der Waals surface area contributed by atoms with E-state index >= 15 is 0 Å². The molecule has 6 heteroatoms. The molecule has 2 N–H and O–H groups in total. The van der Waals surface area contributed by atoms with Gasteiger partial charge in [0.2, 0.25) is 10.0 Å². The molecule has 16 heavy (non-hydrogen) atoms. The Morgan fingerprint density at radius 3 is 2.19 bits per heavy atom. The molecule has 0 aliphatic rings. The minimum Gasteiger partial charge on any atom is -0.395 e. The summed E-state index contributed by atoms with van der Waals surface area (Å²) in [6, 6.07) is -0.584. The molecule has 0 saturated carbocycles. The zero-order valence-corrected chi connectivity index (χ0v) is 11.5. The maximum atomic E-state index is 11.0. The largest absolute Gasteiger partial charge is 0.395 e. The van der Waals surface area contributed by atoms with Gasteiger partial charge >= 0.3 is 0 Å². The van der Waals surface area contributed by atoms with E-state index < -0.39 is 16.1 Å². The van der Waals surface area contributed by atoms with Gasteiger partial charge in [-0.1, -0.05) is 20.8 Å². The smallest absolute Gasteiger partial charge is 0.209 e. The lowest BCUT2D eigenvalue weighted by molar-refractivity contribution is -0.0182. The van der Waals surface area contributed by atoms with Crippen LogP contribution in [0.2, 0.25) is 0 Å².